The van der Waals surface area contributed by atoms with E-state index in [0.717, 1.165) is 14.2 Å². The van der Waals surface area contributed by atoms with Gasteiger partial charge in [0.1, 0.15) is 85.5 Å². The molecule has 5 saturated heterocycles. The fourth-order valence-electron chi connectivity index (χ4n) is 10.0. The Morgan fingerprint density at radius 1 is 0.283 bits per heavy atom. The summed E-state index contributed by atoms with van der Waals surface area (Å²) in [5, 5.41) is 31.9. The summed E-state index contributed by atoms with van der Waals surface area (Å²) < 4.78 is 424. The molecule has 0 unspecified atom stereocenters. The zero-order chi connectivity index (χ0) is 75.5. The molecule has 5 aliphatic heterocycles. The maximum atomic E-state index is 13.3. The van der Waals surface area contributed by atoms with Crippen molar-refractivity contribution in [3.05, 3.63) is 0 Å². The van der Waals surface area contributed by atoms with Crippen molar-refractivity contribution in [3.63, 3.8) is 0 Å². The van der Waals surface area contributed by atoms with Gasteiger partial charge in [-0.1, -0.05) is 0 Å². The molecule has 5 rings (SSSR count). The van der Waals surface area contributed by atoms with Gasteiger partial charge in [0.2, 0.25) is 0 Å². The van der Waals surface area contributed by atoms with Crippen LogP contribution in [-0.2, 0) is 207 Å². The van der Waals surface area contributed by atoms with Crippen LogP contribution in [-0.4, -0.2) is 353 Å². The summed E-state index contributed by atoms with van der Waals surface area (Å²) >= 11 is 0. The van der Waals surface area contributed by atoms with Crippen molar-refractivity contribution < 1.29 is 246 Å². The molecule has 55 nitrogen and oxygen atoms in total. The van der Waals surface area contributed by atoms with Crippen LogP contribution in [0, 0.1) is 0 Å². The fourth-order valence-corrected chi connectivity index (χ4v) is 13.9. The number of carboxylic acid groups (broad SMARTS) is 2. The molecular formula is C35H58O55S9. The van der Waals surface area contributed by atoms with Gasteiger partial charge in [0, 0.05) is 35.5 Å². The van der Waals surface area contributed by atoms with Gasteiger partial charge in [-0.15, -0.1) is 0 Å². The third-order valence-electron chi connectivity index (χ3n) is 13.3. The summed E-state index contributed by atoms with van der Waals surface area (Å²) in [6.45, 7) is -5.07. The third-order valence-corrected chi connectivity index (χ3v) is 17.4. The van der Waals surface area contributed by atoms with Crippen molar-refractivity contribution in [1.29, 1.82) is 0 Å². The minimum atomic E-state index is -6.39. The van der Waals surface area contributed by atoms with Gasteiger partial charge in [0.25, 0.3) is 0 Å². The molecule has 0 saturated carbocycles. The van der Waals surface area contributed by atoms with Crippen LogP contribution in [0.15, 0.2) is 0 Å². The van der Waals surface area contributed by atoms with Crippen molar-refractivity contribution in [3.8, 4) is 0 Å². The Bertz CT molecular complexity index is 3830. The van der Waals surface area contributed by atoms with E-state index in [4.69, 9.17) is 70.5 Å². The quantitative estimate of drug-likeness (QED) is 0.0259. The van der Waals surface area contributed by atoms with Crippen LogP contribution in [0.3, 0.4) is 0 Å². The lowest BCUT2D eigenvalue weighted by Crippen LogP contribution is -2.70. The first kappa shape index (κ1) is 86.8. The van der Waals surface area contributed by atoms with Gasteiger partial charge >= 0.3 is 106 Å². The van der Waals surface area contributed by atoms with Gasteiger partial charge in [-0.05, 0) is 0 Å². The highest BCUT2D eigenvalue weighted by molar-refractivity contribution is 7.82. The summed E-state index contributed by atoms with van der Waals surface area (Å²) in [6, 6.07) is 0. The molecule has 5 heterocycles. The molecule has 0 bridgehead atoms. The van der Waals surface area contributed by atoms with Crippen LogP contribution in [0.25, 0.3) is 0 Å². The van der Waals surface area contributed by atoms with Crippen LogP contribution in [0.5, 0.6) is 0 Å². The molecule has 5 fully saturated rings. The van der Waals surface area contributed by atoms with Gasteiger partial charge in [-0.25, -0.2) is 47.2 Å². The number of carboxylic acids is 2. The van der Waals surface area contributed by atoms with E-state index in [-0.39, 0.29) is 0 Å². The molecule has 12 N–H and O–H groups in total. The Balaban J connectivity index is 1.69. The molecule has 25 atom stereocenters. The second-order valence-electron chi connectivity index (χ2n) is 19.7. The van der Waals surface area contributed by atoms with Gasteiger partial charge in [0.15, 0.2) is 68.1 Å². The van der Waals surface area contributed by atoms with Crippen LogP contribution < -0.4 is 0 Å². The minimum absolute atomic E-state index is 0.403. The summed E-state index contributed by atoms with van der Waals surface area (Å²) in [5.74, 6) is -4.78. The first-order chi connectivity index (χ1) is 45.0. The summed E-state index contributed by atoms with van der Waals surface area (Å²) in [4.78, 5) is 26.6. The van der Waals surface area contributed by atoms with E-state index >= 15 is 0 Å². The average Bonchev–Trinajstić information content (AvgIpc) is 0.768. The SMILES string of the molecule is CO[C@@H]1[C@@H](OC)[C@H](O[C@H]2[C@H](OS(=O)(=O)O)[C@@H](OS(=O)(=O)O)[C@H](O[C@H]3[C@H](OC)[C@@H](OS(=O)(=O)O)[C@H](O[C@H]4[C@H](OS(=O)(=O)O)[C@@H](OS(=O)(=O)O)[C@@H](O)O[C@@H]4COS(=O)(=O)O)O[C@H]3C(=O)O)O[C@@H]2COS(=O)(=O)O)O[C@H](C(=O)O)[C@H]1O[C@@H]1O[C@H](COS(=O)(=O)O)[C@@H](OC)[C@@H](OC)[C@H]1OS(=O)(=O)O. The molecular weight excluding hydrogens is 1590 g/mol. The number of methoxy groups -OCH3 is 5. The largest absolute Gasteiger partial charge is 0.479 e. The number of hydrogen-bond donors (Lipinski definition) is 12. The second-order valence-corrected chi connectivity index (χ2v) is 29.2. The van der Waals surface area contributed by atoms with Crippen LogP contribution >= 0.6 is 0 Å². The zero-order valence-electron chi connectivity index (χ0n) is 49.2. The maximum absolute atomic E-state index is 13.3. The molecule has 0 aromatic rings. The van der Waals surface area contributed by atoms with Gasteiger partial charge in [-0.3, -0.25) is 41.0 Å². The van der Waals surface area contributed by atoms with Gasteiger partial charge in [-0.2, -0.15) is 75.8 Å². The molecule has 0 aromatic heterocycles. The molecule has 0 aliphatic carbocycles. The number of ether oxygens (including phenoxy) is 14. The lowest BCUT2D eigenvalue weighted by molar-refractivity contribution is -0.385. The van der Waals surface area contributed by atoms with E-state index in [2.05, 4.69) is 33.5 Å². The zero-order valence-corrected chi connectivity index (χ0v) is 56.5. The van der Waals surface area contributed by atoms with E-state index in [1.807, 2.05) is 0 Å². The smallest absolute Gasteiger partial charge is 0.397 e. The summed E-state index contributed by atoms with van der Waals surface area (Å²) in [7, 11) is -50.4. The van der Waals surface area contributed by atoms with E-state index in [0.29, 0.717) is 21.3 Å². The van der Waals surface area contributed by atoms with Crippen molar-refractivity contribution in [2.45, 2.75) is 154 Å². The Morgan fingerprint density at radius 3 is 0.818 bits per heavy atom. The van der Waals surface area contributed by atoms with E-state index in [1.54, 1.807) is 0 Å². The first-order valence-corrected chi connectivity index (χ1v) is 37.8. The molecule has 582 valence electrons. The number of rotatable bonds is 36. The number of aliphatic hydroxyl groups is 1. The second kappa shape index (κ2) is 33.7. The normalized spacial score (nSPS) is 36.7. The predicted octanol–water partition coefficient (Wildman–Crippen LogP) is -10.0. The number of hydrogen-bond acceptors (Lipinski definition) is 44. The summed E-state index contributed by atoms with van der Waals surface area (Å²) in [6.07, 6.45) is -69.9. The highest BCUT2D eigenvalue weighted by atomic mass is 32.3. The molecule has 99 heavy (non-hydrogen) atoms. The minimum Gasteiger partial charge on any atom is -0.479 e. The van der Waals surface area contributed by atoms with Gasteiger partial charge < -0.3 is 81.6 Å². The summed E-state index contributed by atoms with van der Waals surface area (Å²) in [5.41, 5.74) is 0. The molecule has 0 spiro atoms. The molecule has 0 aromatic carbocycles. The monoisotopic (exact) mass is 1650 g/mol. The molecule has 64 heteroatoms. The van der Waals surface area contributed by atoms with Crippen molar-refractivity contribution in [1.82, 2.24) is 0 Å². The Hall–Kier alpha value is -2.83. The first-order valence-electron chi connectivity index (χ1n) is 25.5. The van der Waals surface area contributed by atoms with Crippen molar-refractivity contribution >= 4 is 106 Å². The Morgan fingerprint density at radius 2 is 0.515 bits per heavy atom. The van der Waals surface area contributed by atoms with E-state index < -0.39 is 279 Å². The fraction of sp³-hybridized carbons (Fsp3) is 0.943. The van der Waals surface area contributed by atoms with Crippen molar-refractivity contribution in [2.75, 3.05) is 55.4 Å². The van der Waals surface area contributed by atoms with E-state index in [1.165, 1.54) is 0 Å². The van der Waals surface area contributed by atoms with Gasteiger partial charge in [0.05, 0.1) is 19.8 Å². The lowest BCUT2D eigenvalue weighted by atomic mass is 9.95. The standard InChI is InChI=1S/C35H58O55S9/c1-68-12-9(6-73-91(41,42)43)77-33(26(15(12)69-2)88-97(59,60)61)81-18-16(70-3)25(72-5)32(83-22(18)29(36)37)79-14-11(8-75-93(47,48)49)78-34(28(90-99(65,66)67)21(14)86-95(53,54)55)82-19-17(71-4)27(89-98(62,63)64)35(84-23(19)30(38)39)80-13-10(7-74-92(44,45)46)76-31(40)24(87-96(56,57)58)20(13)85-94(50,51)52/h9-28,31-35,40H,6-8H2,1-5H3,(H,36,37)(H,38,39)(H,41,42,43)(H,44,45,46)(H,47,48,49)(H,50,51,52)(H,53,54,55)(H,56,57,58)(H,59,60,61)(H,62,63,64)(H,65,66,67)/t9-,10-,11-,12-,13-,14-,15-,16+,17+,18+,19+,20+,21+,22+,23-,24-,25-,26-,27-,28-,31+,32-,33+,34+,35-/m1/s1. The number of aliphatic hydroxyl groups excluding tert-OH is 1. The molecule has 5 aliphatic rings. The highest BCUT2D eigenvalue weighted by Gasteiger charge is 2.63. The molecule has 0 radical (unpaired) electrons. The predicted molar refractivity (Wildman–Crippen MR) is 285 cm³/mol. The number of aliphatic carboxylic acids is 2. The van der Waals surface area contributed by atoms with Crippen LogP contribution in [0.2, 0.25) is 0 Å². The van der Waals surface area contributed by atoms with Crippen molar-refractivity contribution in [2.24, 2.45) is 0 Å². The maximum Gasteiger partial charge on any atom is 0.397 e. The Kier molecular flexibility index (Phi) is 29.6. The van der Waals surface area contributed by atoms with E-state index in [9.17, 15) is 142 Å². The van der Waals surface area contributed by atoms with Crippen LogP contribution in [0.1, 0.15) is 0 Å². The lowest BCUT2D eigenvalue weighted by Gasteiger charge is -2.51. The third kappa shape index (κ3) is 25.7. The topological polar surface area (TPSA) is 796 Å². The molecule has 0 amide bonds. The van der Waals surface area contributed by atoms with Crippen LogP contribution in [0.4, 0.5) is 0 Å². The Labute approximate surface area is 557 Å². The highest BCUT2D eigenvalue weighted by Crippen LogP contribution is 2.41. The number of carbonyl (C=O) groups is 2. The average molecular weight is 1650 g/mol.